The van der Waals surface area contributed by atoms with E-state index in [0.29, 0.717) is 18.9 Å². The molecule has 0 aromatic carbocycles. The molecule has 2 rings (SSSR count). The van der Waals surface area contributed by atoms with Crippen molar-refractivity contribution in [2.24, 2.45) is 11.3 Å². The minimum absolute atomic E-state index is 0.0456. The van der Waals surface area contributed by atoms with E-state index in [-0.39, 0.29) is 18.0 Å². The fraction of sp³-hybridized carbons (Fsp3) is 0.682. The second-order valence-electron chi connectivity index (χ2n) is 8.28. The largest absolute Gasteiger partial charge is 0.428 e. The van der Waals surface area contributed by atoms with Crippen molar-refractivity contribution >= 4 is 5.97 Å². The molecule has 0 saturated carbocycles. The number of rotatable bonds is 9. The van der Waals surface area contributed by atoms with E-state index in [9.17, 15) is 9.90 Å². The molecule has 152 valence electrons. The van der Waals surface area contributed by atoms with E-state index in [1.807, 2.05) is 6.92 Å². The van der Waals surface area contributed by atoms with Gasteiger partial charge in [-0.05, 0) is 62.9 Å². The van der Waals surface area contributed by atoms with Crippen LogP contribution in [0.5, 0.6) is 0 Å². The first kappa shape index (κ1) is 21.9. The molecule has 1 aliphatic carbocycles. The zero-order chi connectivity index (χ0) is 20.2. The summed E-state index contributed by atoms with van der Waals surface area (Å²) in [5, 5.41) is 19.1. The molecule has 5 nitrogen and oxygen atoms in total. The summed E-state index contributed by atoms with van der Waals surface area (Å²) in [6.45, 7) is 12.5. The molecule has 0 unspecified atom stereocenters. The number of aliphatic hydroxyl groups excluding tert-OH is 2. The van der Waals surface area contributed by atoms with E-state index < -0.39 is 12.4 Å². The first-order chi connectivity index (χ1) is 12.7. The summed E-state index contributed by atoms with van der Waals surface area (Å²) in [6, 6.07) is 0. The highest BCUT2D eigenvalue weighted by Gasteiger charge is 2.48. The number of hydrogen-bond acceptors (Lipinski definition) is 5. The van der Waals surface area contributed by atoms with Crippen molar-refractivity contribution in [1.82, 2.24) is 0 Å². The summed E-state index contributed by atoms with van der Waals surface area (Å²) < 4.78 is 11.0. The lowest BCUT2D eigenvalue weighted by Crippen LogP contribution is -2.33. The minimum atomic E-state index is -0.616. The van der Waals surface area contributed by atoms with Gasteiger partial charge in [0.05, 0.1) is 12.7 Å². The third kappa shape index (κ3) is 5.09. The van der Waals surface area contributed by atoms with Crippen LogP contribution in [-0.4, -0.2) is 41.8 Å². The number of hydrogen-bond donors (Lipinski definition) is 2. The van der Waals surface area contributed by atoms with Gasteiger partial charge in [-0.3, -0.25) is 0 Å². The van der Waals surface area contributed by atoms with Gasteiger partial charge in [0.25, 0.3) is 0 Å². The van der Waals surface area contributed by atoms with Crippen molar-refractivity contribution in [2.75, 3.05) is 13.2 Å². The second-order valence-corrected chi connectivity index (χ2v) is 8.28. The summed E-state index contributed by atoms with van der Waals surface area (Å²) in [6.07, 6.45) is 4.59. The van der Waals surface area contributed by atoms with Crippen LogP contribution in [0.4, 0.5) is 0 Å². The number of esters is 1. The van der Waals surface area contributed by atoms with Gasteiger partial charge in [0.1, 0.15) is 0 Å². The summed E-state index contributed by atoms with van der Waals surface area (Å²) in [4.78, 5) is 12.4. The first-order valence-electron chi connectivity index (χ1n) is 9.89. The zero-order valence-corrected chi connectivity index (χ0v) is 17.1. The fourth-order valence-electron chi connectivity index (χ4n) is 4.30. The number of carbonyl (C=O) groups excluding carboxylic acids is 1. The molecular weight excluding hydrogens is 344 g/mol. The third-order valence-corrected chi connectivity index (χ3v) is 5.84. The molecule has 1 aliphatic heterocycles. The Balaban J connectivity index is 1.98. The van der Waals surface area contributed by atoms with Gasteiger partial charge < -0.3 is 19.7 Å². The van der Waals surface area contributed by atoms with Gasteiger partial charge >= 0.3 is 5.97 Å². The van der Waals surface area contributed by atoms with Crippen LogP contribution in [0.1, 0.15) is 59.8 Å². The molecule has 0 bridgehead atoms. The summed E-state index contributed by atoms with van der Waals surface area (Å²) in [5.41, 5.74) is 3.29. The molecule has 2 N–H and O–H groups in total. The van der Waals surface area contributed by atoms with Gasteiger partial charge in [0.2, 0.25) is 6.29 Å². The van der Waals surface area contributed by atoms with Crippen molar-refractivity contribution in [2.45, 2.75) is 72.2 Å². The molecule has 0 fully saturated rings. The highest BCUT2D eigenvalue weighted by atomic mass is 16.7. The quantitative estimate of drug-likeness (QED) is 0.473. The van der Waals surface area contributed by atoms with Crippen LogP contribution in [-0.2, 0) is 14.3 Å². The van der Waals surface area contributed by atoms with E-state index in [0.717, 1.165) is 48.0 Å². The monoisotopic (exact) mass is 378 g/mol. The second kappa shape index (κ2) is 9.18. The predicted molar refractivity (Wildman–Crippen MR) is 105 cm³/mol. The molecule has 0 radical (unpaired) electrons. The Hall–Kier alpha value is -1.43. The van der Waals surface area contributed by atoms with E-state index >= 15 is 0 Å². The molecule has 0 aromatic rings. The van der Waals surface area contributed by atoms with Gasteiger partial charge in [-0.25, -0.2) is 4.79 Å². The van der Waals surface area contributed by atoms with Gasteiger partial charge in [0, 0.05) is 17.8 Å². The van der Waals surface area contributed by atoms with Gasteiger partial charge in [0.15, 0.2) is 0 Å². The Morgan fingerprint density at radius 1 is 1.48 bits per heavy atom. The van der Waals surface area contributed by atoms with Gasteiger partial charge in [-0.1, -0.05) is 32.1 Å². The van der Waals surface area contributed by atoms with Crippen molar-refractivity contribution < 1.29 is 24.5 Å². The topological polar surface area (TPSA) is 76.0 Å². The number of carbonyl (C=O) groups is 1. The zero-order valence-electron chi connectivity index (χ0n) is 17.1. The molecule has 2 aliphatic rings. The molecule has 27 heavy (non-hydrogen) atoms. The number of cyclic esters (lactones) is 1. The first-order valence-corrected chi connectivity index (χ1v) is 9.89. The van der Waals surface area contributed by atoms with Gasteiger partial charge in [-0.2, -0.15) is 0 Å². The maximum Gasteiger partial charge on any atom is 0.337 e. The summed E-state index contributed by atoms with van der Waals surface area (Å²) in [5.74, 6) is 0.116. The third-order valence-electron chi connectivity index (χ3n) is 5.84. The summed E-state index contributed by atoms with van der Waals surface area (Å²) in [7, 11) is 0. The number of aliphatic hydroxyl groups is 2. The van der Waals surface area contributed by atoms with Crippen LogP contribution in [0, 0.1) is 11.3 Å². The Labute approximate surface area is 162 Å². The van der Waals surface area contributed by atoms with Crippen molar-refractivity contribution in [3.05, 3.63) is 34.9 Å². The normalized spacial score (nSPS) is 26.0. The Kier molecular flexibility index (Phi) is 7.43. The summed E-state index contributed by atoms with van der Waals surface area (Å²) >= 11 is 0. The molecule has 5 heteroatoms. The maximum atomic E-state index is 12.4. The minimum Gasteiger partial charge on any atom is -0.428 e. The Morgan fingerprint density at radius 2 is 2.19 bits per heavy atom. The van der Waals surface area contributed by atoms with Crippen molar-refractivity contribution in [1.29, 1.82) is 0 Å². The molecule has 0 amide bonds. The highest BCUT2D eigenvalue weighted by molar-refractivity contribution is 5.93. The molecule has 3 atom stereocenters. The van der Waals surface area contributed by atoms with E-state index in [4.69, 9.17) is 14.6 Å². The standard InChI is InChI=1S/C22H34O5/c1-6-26-21-18-10-9-16(22(4,5)19(18)20(25)27-21)8-7-14(2)11-17(24)12-15(3)13-23/h12,16-17,21,23-24H,2,6-11,13H2,1,3-5H3/b15-12-/t16-,17+,21-/m1/s1. The lowest BCUT2D eigenvalue weighted by molar-refractivity contribution is -0.159. The molecular formula is C22H34O5. The van der Waals surface area contributed by atoms with E-state index in [1.165, 1.54) is 0 Å². The van der Waals surface area contributed by atoms with Crippen LogP contribution in [0.2, 0.25) is 0 Å². The molecule has 0 aromatic heterocycles. The van der Waals surface area contributed by atoms with Crippen molar-refractivity contribution in [3.63, 3.8) is 0 Å². The maximum absolute atomic E-state index is 12.4. The lowest BCUT2D eigenvalue weighted by atomic mass is 9.64. The average molecular weight is 379 g/mol. The molecule has 1 heterocycles. The van der Waals surface area contributed by atoms with E-state index in [2.05, 4.69) is 20.4 Å². The van der Waals surface area contributed by atoms with Gasteiger partial charge in [-0.15, -0.1) is 0 Å². The molecule has 0 saturated heterocycles. The lowest BCUT2D eigenvalue weighted by Gasteiger charge is -2.39. The highest BCUT2D eigenvalue weighted by Crippen LogP contribution is 2.51. The Bertz CT molecular complexity index is 629. The van der Waals surface area contributed by atoms with Crippen LogP contribution in [0.3, 0.4) is 0 Å². The van der Waals surface area contributed by atoms with Crippen LogP contribution >= 0.6 is 0 Å². The predicted octanol–water partition coefficient (Wildman–Crippen LogP) is 3.66. The SMILES string of the molecule is C=C(CC[C@@H]1CCC2=C(C(=O)O[C@H]2OCC)C1(C)C)C[C@H](O)/C=C(/C)CO. The smallest absolute Gasteiger partial charge is 0.337 e. The van der Waals surface area contributed by atoms with E-state index in [1.54, 1.807) is 13.0 Å². The molecule has 0 spiro atoms. The number of ether oxygens (including phenoxy) is 2. The fourth-order valence-corrected chi connectivity index (χ4v) is 4.30. The Morgan fingerprint density at radius 3 is 2.81 bits per heavy atom. The van der Waals surface area contributed by atoms with Crippen LogP contribution in [0.15, 0.2) is 34.9 Å². The van der Waals surface area contributed by atoms with Crippen LogP contribution < -0.4 is 0 Å². The average Bonchev–Trinajstić information content (AvgIpc) is 2.90. The van der Waals surface area contributed by atoms with Crippen molar-refractivity contribution in [3.8, 4) is 0 Å². The van der Waals surface area contributed by atoms with Crippen LogP contribution in [0.25, 0.3) is 0 Å².